The van der Waals surface area contributed by atoms with Gasteiger partial charge in [-0.05, 0) is 38.5 Å². The number of esters is 1. The van der Waals surface area contributed by atoms with Gasteiger partial charge in [-0.25, -0.2) is 0 Å². The minimum Gasteiger partial charge on any atom is -0.469 e. The van der Waals surface area contributed by atoms with Crippen LogP contribution >= 0.6 is 0 Å². The Kier molecular flexibility index (Phi) is 16.7. The molecule has 0 bridgehead atoms. The van der Waals surface area contributed by atoms with E-state index in [9.17, 15) is 4.79 Å². The van der Waals surface area contributed by atoms with Crippen LogP contribution in [0.5, 0.6) is 0 Å². The number of ether oxygens (including phenoxy) is 1. The maximum absolute atomic E-state index is 10.9. The van der Waals surface area contributed by atoms with E-state index >= 15 is 0 Å². The van der Waals surface area contributed by atoms with Crippen molar-refractivity contribution in [2.45, 2.75) is 77.6 Å². The molecule has 0 aliphatic rings. The first-order valence-corrected chi connectivity index (χ1v) is 8.83. The van der Waals surface area contributed by atoms with Crippen LogP contribution in [0.2, 0.25) is 0 Å². The Bertz CT molecular complexity index is 327. The van der Waals surface area contributed by atoms with Crippen molar-refractivity contribution in [2.24, 2.45) is 0 Å². The molecule has 0 saturated carbocycles. The predicted molar refractivity (Wildman–Crippen MR) is 95.9 cm³/mol. The Balaban J connectivity index is 3.27. The summed E-state index contributed by atoms with van der Waals surface area (Å²) in [5.74, 6) is -0.0863. The molecule has 0 fully saturated rings. The van der Waals surface area contributed by atoms with E-state index in [1.54, 1.807) is 0 Å². The Morgan fingerprint density at radius 2 is 1.32 bits per heavy atom. The van der Waals surface area contributed by atoms with Crippen LogP contribution in [-0.2, 0) is 9.53 Å². The van der Waals surface area contributed by atoms with E-state index in [0.29, 0.717) is 6.42 Å². The number of hydrogen-bond acceptors (Lipinski definition) is 2. The second-order valence-corrected chi connectivity index (χ2v) is 5.56. The molecule has 0 atom stereocenters. The number of allylic oxidation sites excluding steroid dienone is 6. The van der Waals surface area contributed by atoms with Crippen LogP contribution in [0.4, 0.5) is 0 Å². The summed E-state index contributed by atoms with van der Waals surface area (Å²) in [7, 11) is 1.45. The van der Waals surface area contributed by atoms with Crippen molar-refractivity contribution in [2.75, 3.05) is 7.11 Å². The second-order valence-electron chi connectivity index (χ2n) is 5.56. The van der Waals surface area contributed by atoms with Gasteiger partial charge in [0.05, 0.1) is 7.11 Å². The van der Waals surface area contributed by atoms with Crippen molar-refractivity contribution in [3.05, 3.63) is 36.5 Å². The molecule has 22 heavy (non-hydrogen) atoms. The van der Waals surface area contributed by atoms with Gasteiger partial charge in [0.2, 0.25) is 0 Å². The van der Waals surface area contributed by atoms with Crippen molar-refractivity contribution < 1.29 is 9.53 Å². The van der Waals surface area contributed by atoms with Gasteiger partial charge in [-0.2, -0.15) is 0 Å². The SMILES string of the molecule is CCCC=CCC=CCC=CCCCCCCCC(=O)OC. The molecule has 2 nitrogen and oxygen atoms in total. The zero-order chi connectivity index (χ0) is 16.3. The smallest absolute Gasteiger partial charge is 0.305 e. The molecule has 2 heteroatoms. The number of methoxy groups -OCH3 is 1. The maximum Gasteiger partial charge on any atom is 0.305 e. The molecule has 0 N–H and O–H groups in total. The Morgan fingerprint density at radius 3 is 1.95 bits per heavy atom. The average molecular weight is 306 g/mol. The summed E-state index contributed by atoms with van der Waals surface area (Å²) in [6, 6.07) is 0. The van der Waals surface area contributed by atoms with Gasteiger partial charge >= 0.3 is 5.97 Å². The average Bonchev–Trinajstić information content (AvgIpc) is 2.54. The van der Waals surface area contributed by atoms with Crippen LogP contribution < -0.4 is 0 Å². The van der Waals surface area contributed by atoms with Gasteiger partial charge < -0.3 is 4.74 Å². The molecule has 0 aromatic heterocycles. The van der Waals surface area contributed by atoms with E-state index in [0.717, 1.165) is 25.7 Å². The first kappa shape index (κ1) is 20.7. The Labute approximate surface area is 137 Å². The van der Waals surface area contributed by atoms with E-state index in [1.165, 1.54) is 45.6 Å². The molecular weight excluding hydrogens is 272 g/mol. The molecule has 0 aromatic carbocycles. The monoisotopic (exact) mass is 306 g/mol. The first-order chi connectivity index (χ1) is 10.8. The molecule has 0 aliphatic heterocycles. The van der Waals surface area contributed by atoms with Gasteiger partial charge in [-0.1, -0.05) is 69.1 Å². The van der Waals surface area contributed by atoms with Gasteiger partial charge in [0, 0.05) is 6.42 Å². The number of unbranched alkanes of at least 4 members (excludes halogenated alkanes) is 6. The van der Waals surface area contributed by atoms with Crippen molar-refractivity contribution in [3.8, 4) is 0 Å². The fraction of sp³-hybridized carbons (Fsp3) is 0.650. The van der Waals surface area contributed by atoms with Crippen LogP contribution in [-0.4, -0.2) is 13.1 Å². The van der Waals surface area contributed by atoms with Gasteiger partial charge in [0.1, 0.15) is 0 Å². The van der Waals surface area contributed by atoms with E-state index in [1.807, 2.05) is 0 Å². The topological polar surface area (TPSA) is 26.3 Å². The minimum absolute atomic E-state index is 0.0863. The molecule has 0 aliphatic carbocycles. The van der Waals surface area contributed by atoms with E-state index < -0.39 is 0 Å². The third kappa shape index (κ3) is 16.7. The lowest BCUT2D eigenvalue weighted by Gasteiger charge is -1.99. The highest BCUT2D eigenvalue weighted by Gasteiger charge is 1.98. The van der Waals surface area contributed by atoms with Gasteiger partial charge in [0.25, 0.3) is 0 Å². The van der Waals surface area contributed by atoms with Crippen LogP contribution in [0.1, 0.15) is 77.6 Å². The predicted octanol–water partition coefficient (Wildman–Crippen LogP) is 6.14. The Morgan fingerprint density at radius 1 is 0.773 bits per heavy atom. The Hall–Kier alpha value is -1.31. The summed E-state index contributed by atoms with van der Waals surface area (Å²) in [6.45, 7) is 2.20. The van der Waals surface area contributed by atoms with Gasteiger partial charge in [-0.3, -0.25) is 4.79 Å². The largest absolute Gasteiger partial charge is 0.469 e. The van der Waals surface area contributed by atoms with Crippen molar-refractivity contribution in [1.29, 1.82) is 0 Å². The fourth-order valence-electron chi connectivity index (χ4n) is 2.11. The van der Waals surface area contributed by atoms with Crippen molar-refractivity contribution >= 4 is 5.97 Å². The van der Waals surface area contributed by atoms with Crippen LogP contribution in [0.25, 0.3) is 0 Å². The lowest BCUT2D eigenvalue weighted by Crippen LogP contribution is -1.98. The number of carbonyl (C=O) groups is 1. The highest BCUT2D eigenvalue weighted by molar-refractivity contribution is 5.68. The zero-order valence-corrected chi connectivity index (χ0v) is 14.6. The second kappa shape index (κ2) is 17.7. The summed E-state index contributed by atoms with van der Waals surface area (Å²) >= 11 is 0. The molecule has 0 radical (unpaired) electrons. The highest BCUT2D eigenvalue weighted by atomic mass is 16.5. The molecule has 0 unspecified atom stereocenters. The molecule has 126 valence electrons. The molecule has 0 amide bonds. The number of hydrogen-bond donors (Lipinski definition) is 0. The normalized spacial score (nSPS) is 11.9. The minimum atomic E-state index is -0.0863. The highest BCUT2D eigenvalue weighted by Crippen LogP contribution is 2.08. The molecule has 0 saturated heterocycles. The molecule has 0 heterocycles. The van der Waals surface area contributed by atoms with Gasteiger partial charge in [-0.15, -0.1) is 0 Å². The summed E-state index contributed by atoms with van der Waals surface area (Å²) in [5.41, 5.74) is 0. The van der Waals surface area contributed by atoms with Crippen LogP contribution in [0, 0.1) is 0 Å². The first-order valence-electron chi connectivity index (χ1n) is 8.83. The van der Waals surface area contributed by atoms with Crippen LogP contribution in [0.3, 0.4) is 0 Å². The van der Waals surface area contributed by atoms with Gasteiger partial charge in [0.15, 0.2) is 0 Å². The molecule has 0 aromatic rings. The van der Waals surface area contributed by atoms with Crippen LogP contribution in [0.15, 0.2) is 36.5 Å². The molecule has 0 spiro atoms. The summed E-state index contributed by atoms with van der Waals surface area (Å²) in [6.07, 6.45) is 25.6. The fourth-order valence-corrected chi connectivity index (χ4v) is 2.11. The zero-order valence-electron chi connectivity index (χ0n) is 14.6. The number of carbonyl (C=O) groups excluding carboxylic acids is 1. The summed E-state index contributed by atoms with van der Waals surface area (Å²) in [5, 5.41) is 0. The van der Waals surface area contributed by atoms with E-state index in [4.69, 9.17) is 0 Å². The summed E-state index contributed by atoms with van der Waals surface area (Å²) in [4.78, 5) is 10.9. The quantitative estimate of drug-likeness (QED) is 0.219. The van der Waals surface area contributed by atoms with Crippen molar-refractivity contribution in [1.82, 2.24) is 0 Å². The lowest BCUT2D eigenvalue weighted by molar-refractivity contribution is -0.140. The molecule has 0 rings (SSSR count). The van der Waals surface area contributed by atoms with E-state index in [2.05, 4.69) is 48.1 Å². The van der Waals surface area contributed by atoms with E-state index in [-0.39, 0.29) is 5.97 Å². The third-order valence-electron chi connectivity index (χ3n) is 3.48. The summed E-state index contributed by atoms with van der Waals surface area (Å²) < 4.78 is 4.62. The molecular formula is C20H34O2. The standard InChI is InChI=1S/C20H34O2/c1-3-4-5-6-7-8-9-10-11-12-13-14-15-16-17-18-19-20(21)22-2/h5-6,8-9,11-12H,3-4,7,10,13-19H2,1-2H3. The lowest BCUT2D eigenvalue weighted by atomic mass is 10.1. The third-order valence-corrected chi connectivity index (χ3v) is 3.48. The maximum atomic E-state index is 10.9. The van der Waals surface area contributed by atoms with Crippen molar-refractivity contribution in [3.63, 3.8) is 0 Å². The number of rotatable bonds is 14.